The van der Waals surface area contributed by atoms with Gasteiger partial charge in [0, 0.05) is 6.42 Å². The molecule has 2 aromatic rings. The van der Waals surface area contributed by atoms with Crippen LogP contribution in [0.25, 0.3) is 10.6 Å². The molecule has 1 heterocycles. The van der Waals surface area contributed by atoms with Crippen LogP contribution in [0.2, 0.25) is 0 Å². The number of aryl methyl sites for hydroxylation is 1. The zero-order chi connectivity index (χ0) is 12.8. The lowest BCUT2D eigenvalue weighted by Crippen LogP contribution is -2.08. The van der Waals surface area contributed by atoms with Crippen molar-refractivity contribution in [3.63, 3.8) is 0 Å². The van der Waals surface area contributed by atoms with Crippen molar-refractivity contribution in [3.05, 3.63) is 29.3 Å². The molecule has 0 aliphatic rings. The second-order valence-electron chi connectivity index (χ2n) is 3.91. The molecule has 1 aromatic heterocycles. The molecule has 0 unspecified atom stereocenters. The molecular weight excluding hydrogens is 246 g/mol. The molecule has 4 nitrogen and oxygen atoms in total. The monoisotopic (exact) mass is 263 g/mol. The predicted octanol–water partition coefficient (Wildman–Crippen LogP) is 2.37. The topological polar surface area (TPSA) is 47.0 Å². The molecule has 2 rings (SSSR count). The number of rotatable bonds is 6. The van der Waals surface area contributed by atoms with E-state index in [2.05, 4.69) is 15.5 Å². The van der Waals surface area contributed by atoms with E-state index in [0.717, 1.165) is 40.7 Å². The second-order valence-corrected chi connectivity index (χ2v) is 4.97. The van der Waals surface area contributed by atoms with Gasteiger partial charge in [0.05, 0.1) is 12.7 Å². The largest absolute Gasteiger partial charge is 0.496 e. The summed E-state index contributed by atoms with van der Waals surface area (Å²) >= 11 is 1.64. The van der Waals surface area contributed by atoms with Crippen molar-refractivity contribution in [2.45, 2.75) is 12.8 Å². The summed E-state index contributed by atoms with van der Waals surface area (Å²) in [7, 11) is 3.63. The quantitative estimate of drug-likeness (QED) is 0.813. The molecule has 0 spiro atoms. The van der Waals surface area contributed by atoms with E-state index < -0.39 is 0 Å². The molecule has 0 amide bonds. The summed E-state index contributed by atoms with van der Waals surface area (Å²) in [6.45, 7) is 1.00. The fourth-order valence-electron chi connectivity index (χ4n) is 1.70. The number of benzene rings is 1. The second kappa shape index (κ2) is 6.47. The van der Waals surface area contributed by atoms with Gasteiger partial charge in [0.25, 0.3) is 0 Å². The number of ether oxygens (including phenoxy) is 1. The molecule has 0 saturated carbocycles. The van der Waals surface area contributed by atoms with E-state index in [9.17, 15) is 0 Å². The summed E-state index contributed by atoms with van der Waals surface area (Å²) in [4.78, 5) is 0. The SMILES string of the molecule is CNCCCc1nnc(-c2ccccc2OC)s1. The Kier molecular flexibility index (Phi) is 4.66. The highest BCUT2D eigenvalue weighted by Crippen LogP contribution is 2.31. The average Bonchev–Trinajstić information content (AvgIpc) is 2.88. The zero-order valence-electron chi connectivity index (χ0n) is 10.6. The van der Waals surface area contributed by atoms with Crippen LogP contribution in [0, 0.1) is 0 Å². The first-order valence-electron chi connectivity index (χ1n) is 5.95. The van der Waals surface area contributed by atoms with Gasteiger partial charge in [0.1, 0.15) is 10.8 Å². The Morgan fingerprint density at radius 3 is 2.89 bits per heavy atom. The summed E-state index contributed by atoms with van der Waals surface area (Å²) in [6.07, 6.45) is 2.05. The van der Waals surface area contributed by atoms with Gasteiger partial charge in [0.15, 0.2) is 5.01 Å². The zero-order valence-corrected chi connectivity index (χ0v) is 11.5. The third-order valence-electron chi connectivity index (χ3n) is 2.62. The number of nitrogens with zero attached hydrogens (tertiary/aromatic N) is 2. The Hall–Kier alpha value is -1.46. The van der Waals surface area contributed by atoms with Crippen LogP contribution in [0.3, 0.4) is 0 Å². The molecule has 18 heavy (non-hydrogen) atoms. The summed E-state index contributed by atoms with van der Waals surface area (Å²) in [5.41, 5.74) is 1.01. The van der Waals surface area contributed by atoms with Crippen molar-refractivity contribution < 1.29 is 4.74 Å². The van der Waals surface area contributed by atoms with Crippen molar-refractivity contribution >= 4 is 11.3 Å². The van der Waals surface area contributed by atoms with Crippen molar-refractivity contribution in [2.75, 3.05) is 20.7 Å². The minimum absolute atomic E-state index is 0.843. The maximum absolute atomic E-state index is 5.34. The lowest BCUT2D eigenvalue weighted by molar-refractivity contribution is 0.416. The maximum atomic E-state index is 5.34. The van der Waals surface area contributed by atoms with E-state index in [4.69, 9.17) is 4.74 Å². The van der Waals surface area contributed by atoms with Gasteiger partial charge in [0.2, 0.25) is 0 Å². The van der Waals surface area contributed by atoms with E-state index in [1.165, 1.54) is 0 Å². The normalized spacial score (nSPS) is 10.6. The van der Waals surface area contributed by atoms with Gasteiger partial charge in [-0.1, -0.05) is 23.5 Å². The Balaban J connectivity index is 2.13. The number of aromatic nitrogens is 2. The first-order valence-corrected chi connectivity index (χ1v) is 6.77. The molecule has 0 aliphatic carbocycles. The third-order valence-corrected chi connectivity index (χ3v) is 3.64. The fraction of sp³-hybridized carbons (Fsp3) is 0.385. The highest BCUT2D eigenvalue weighted by Gasteiger charge is 2.10. The van der Waals surface area contributed by atoms with Crippen LogP contribution in [0.1, 0.15) is 11.4 Å². The van der Waals surface area contributed by atoms with Crippen LogP contribution < -0.4 is 10.1 Å². The number of hydrogen-bond acceptors (Lipinski definition) is 5. The number of hydrogen-bond donors (Lipinski definition) is 1. The van der Waals surface area contributed by atoms with E-state index in [0.29, 0.717) is 0 Å². The van der Waals surface area contributed by atoms with E-state index >= 15 is 0 Å². The highest BCUT2D eigenvalue weighted by molar-refractivity contribution is 7.14. The maximum Gasteiger partial charge on any atom is 0.151 e. The average molecular weight is 263 g/mol. The predicted molar refractivity (Wildman–Crippen MR) is 74.1 cm³/mol. The Morgan fingerprint density at radius 1 is 1.28 bits per heavy atom. The van der Waals surface area contributed by atoms with Crippen LogP contribution in [0.15, 0.2) is 24.3 Å². The molecule has 0 bridgehead atoms. The Labute approximate surface area is 111 Å². The van der Waals surface area contributed by atoms with E-state index in [1.807, 2.05) is 31.3 Å². The molecule has 0 fully saturated rings. The molecule has 0 atom stereocenters. The van der Waals surface area contributed by atoms with Crippen molar-refractivity contribution in [1.82, 2.24) is 15.5 Å². The first kappa shape index (κ1) is 13.0. The molecule has 5 heteroatoms. The van der Waals surface area contributed by atoms with Crippen LogP contribution in [0.4, 0.5) is 0 Å². The van der Waals surface area contributed by atoms with Gasteiger partial charge in [-0.15, -0.1) is 10.2 Å². The molecular formula is C13H17N3OS. The van der Waals surface area contributed by atoms with Gasteiger partial charge in [-0.2, -0.15) is 0 Å². The van der Waals surface area contributed by atoms with Crippen LogP contribution >= 0.6 is 11.3 Å². The van der Waals surface area contributed by atoms with Crippen LogP contribution in [-0.4, -0.2) is 30.9 Å². The number of para-hydroxylation sites is 1. The van der Waals surface area contributed by atoms with E-state index in [1.54, 1.807) is 18.4 Å². The highest BCUT2D eigenvalue weighted by atomic mass is 32.1. The lowest BCUT2D eigenvalue weighted by atomic mass is 10.2. The lowest BCUT2D eigenvalue weighted by Gasteiger charge is -2.03. The Bertz CT molecular complexity index is 498. The summed E-state index contributed by atoms with van der Waals surface area (Å²) < 4.78 is 5.34. The van der Waals surface area contributed by atoms with Gasteiger partial charge >= 0.3 is 0 Å². The first-order chi connectivity index (χ1) is 8.85. The van der Waals surface area contributed by atoms with Gasteiger partial charge < -0.3 is 10.1 Å². The molecule has 1 aromatic carbocycles. The van der Waals surface area contributed by atoms with Crippen LogP contribution in [-0.2, 0) is 6.42 Å². The van der Waals surface area contributed by atoms with Crippen molar-refractivity contribution in [1.29, 1.82) is 0 Å². The van der Waals surface area contributed by atoms with Gasteiger partial charge in [-0.25, -0.2) is 0 Å². The van der Waals surface area contributed by atoms with E-state index in [-0.39, 0.29) is 0 Å². The minimum atomic E-state index is 0.843. The van der Waals surface area contributed by atoms with Crippen molar-refractivity contribution in [2.24, 2.45) is 0 Å². The van der Waals surface area contributed by atoms with Gasteiger partial charge in [-0.05, 0) is 32.1 Å². The van der Waals surface area contributed by atoms with Crippen molar-refractivity contribution in [3.8, 4) is 16.3 Å². The molecule has 0 saturated heterocycles. The summed E-state index contributed by atoms with van der Waals surface area (Å²) in [5.74, 6) is 0.843. The van der Waals surface area contributed by atoms with Crippen LogP contribution in [0.5, 0.6) is 5.75 Å². The third kappa shape index (κ3) is 3.05. The molecule has 96 valence electrons. The minimum Gasteiger partial charge on any atom is -0.496 e. The summed E-state index contributed by atoms with van der Waals surface area (Å²) in [6, 6.07) is 7.89. The smallest absolute Gasteiger partial charge is 0.151 e. The molecule has 1 N–H and O–H groups in total. The molecule has 0 aliphatic heterocycles. The number of methoxy groups -OCH3 is 1. The summed E-state index contributed by atoms with van der Waals surface area (Å²) in [5, 5.41) is 13.6. The van der Waals surface area contributed by atoms with Gasteiger partial charge in [-0.3, -0.25) is 0 Å². The molecule has 0 radical (unpaired) electrons. The Morgan fingerprint density at radius 2 is 2.11 bits per heavy atom. The fourth-order valence-corrected chi connectivity index (χ4v) is 2.61. The number of nitrogens with one attached hydrogen (secondary N) is 1. The standard InChI is InChI=1S/C13H17N3OS/c1-14-9-5-8-12-15-16-13(18-12)10-6-3-4-7-11(10)17-2/h3-4,6-7,14H,5,8-9H2,1-2H3.